The molecule has 0 N–H and O–H groups in total. The number of carbonyl (C=O) groups is 1. The molecule has 1 amide bonds. The number of hydrogen-bond donors (Lipinski definition) is 0. The second-order valence-electron chi connectivity index (χ2n) is 6.12. The summed E-state index contributed by atoms with van der Waals surface area (Å²) in [5.41, 5.74) is 1.35. The molecule has 0 radical (unpaired) electrons. The highest BCUT2D eigenvalue weighted by molar-refractivity contribution is 7.91. The van der Waals surface area contributed by atoms with Gasteiger partial charge in [0.2, 0.25) is 0 Å². The van der Waals surface area contributed by atoms with E-state index in [-0.39, 0.29) is 23.5 Å². The molecule has 8 heteroatoms. The van der Waals surface area contributed by atoms with Crippen LogP contribution in [0.2, 0.25) is 0 Å². The fraction of sp³-hybridized carbons (Fsp3) is 0.667. The molecule has 2 fully saturated rings. The highest BCUT2D eigenvalue weighted by Gasteiger charge is 2.34. The van der Waals surface area contributed by atoms with Gasteiger partial charge in [-0.25, -0.2) is 18.4 Å². The van der Waals surface area contributed by atoms with Crippen LogP contribution in [0.5, 0.6) is 0 Å². The van der Waals surface area contributed by atoms with Gasteiger partial charge < -0.3 is 4.90 Å². The monoisotopic (exact) mass is 338 g/mol. The van der Waals surface area contributed by atoms with Crippen LogP contribution in [-0.4, -0.2) is 77.8 Å². The first kappa shape index (κ1) is 16.3. The molecule has 1 unspecified atom stereocenters. The highest BCUT2D eigenvalue weighted by atomic mass is 32.2. The molecule has 0 bridgehead atoms. The number of hydrogen-bond acceptors (Lipinski definition) is 6. The summed E-state index contributed by atoms with van der Waals surface area (Å²) in [5.74, 6) is 0.520. The van der Waals surface area contributed by atoms with Gasteiger partial charge in [0.25, 0.3) is 5.91 Å². The van der Waals surface area contributed by atoms with Crippen LogP contribution < -0.4 is 0 Å². The fourth-order valence-electron chi connectivity index (χ4n) is 3.34. The molecule has 0 aromatic carbocycles. The Hall–Kier alpha value is -1.54. The van der Waals surface area contributed by atoms with Crippen molar-refractivity contribution in [3.05, 3.63) is 23.8 Å². The van der Waals surface area contributed by atoms with Crippen molar-refractivity contribution in [2.75, 3.05) is 37.7 Å². The van der Waals surface area contributed by atoms with Crippen molar-refractivity contribution in [1.82, 2.24) is 19.8 Å². The number of nitrogens with zero attached hydrogens (tertiary/aromatic N) is 4. The van der Waals surface area contributed by atoms with E-state index in [1.165, 1.54) is 6.33 Å². The molecule has 2 aliphatic heterocycles. The maximum Gasteiger partial charge on any atom is 0.257 e. The average molecular weight is 338 g/mol. The molecule has 2 saturated heterocycles. The minimum Gasteiger partial charge on any atom is -0.336 e. The molecule has 3 heterocycles. The fourth-order valence-corrected chi connectivity index (χ4v) is 5.10. The third-order valence-corrected chi connectivity index (χ3v) is 6.44. The van der Waals surface area contributed by atoms with Crippen molar-refractivity contribution in [3.63, 3.8) is 0 Å². The number of rotatable bonds is 3. The van der Waals surface area contributed by atoms with Crippen LogP contribution in [0, 0.1) is 0 Å². The number of amides is 1. The number of piperazine rings is 1. The summed E-state index contributed by atoms with van der Waals surface area (Å²) in [6.45, 7) is 4.65. The summed E-state index contributed by atoms with van der Waals surface area (Å²) < 4.78 is 23.2. The molecule has 1 aromatic heterocycles. The van der Waals surface area contributed by atoms with Gasteiger partial charge in [0.15, 0.2) is 9.84 Å². The van der Waals surface area contributed by atoms with E-state index in [0.717, 1.165) is 18.8 Å². The predicted molar refractivity (Wildman–Crippen MR) is 85.9 cm³/mol. The molecule has 1 atom stereocenters. The van der Waals surface area contributed by atoms with Gasteiger partial charge in [-0.2, -0.15) is 0 Å². The Morgan fingerprint density at radius 2 is 2.04 bits per heavy atom. The smallest absolute Gasteiger partial charge is 0.257 e. The Balaban J connectivity index is 1.62. The molecule has 3 rings (SSSR count). The molecule has 23 heavy (non-hydrogen) atoms. The van der Waals surface area contributed by atoms with Crippen LogP contribution in [0.15, 0.2) is 12.5 Å². The van der Waals surface area contributed by atoms with Crippen LogP contribution in [0.4, 0.5) is 0 Å². The van der Waals surface area contributed by atoms with E-state index in [0.29, 0.717) is 31.5 Å². The standard InChI is InChI=1S/C15H22N4O3S/c1-2-14-13(9-16-11-17-14)15(20)19-6-4-18(5-7-19)12-3-8-23(21,22)10-12/h9,11-12H,2-8,10H2,1H3. The van der Waals surface area contributed by atoms with Gasteiger partial charge in [-0.05, 0) is 12.8 Å². The van der Waals surface area contributed by atoms with Crippen LogP contribution in [-0.2, 0) is 16.3 Å². The normalized spacial score (nSPS) is 24.7. The second-order valence-corrected chi connectivity index (χ2v) is 8.35. The zero-order valence-corrected chi connectivity index (χ0v) is 14.1. The molecule has 126 valence electrons. The Morgan fingerprint density at radius 1 is 1.30 bits per heavy atom. The maximum absolute atomic E-state index is 12.6. The van der Waals surface area contributed by atoms with Crippen molar-refractivity contribution in [2.24, 2.45) is 0 Å². The summed E-state index contributed by atoms with van der Waals surface area (Å²) in [7, 11) is -2.87. The van der Waals surface area contributed by atoms with E-state index in [1.807, 2.05) is 11.8 Å². The average Bonchev–Trinajstić information content (AvgIpc) is 2.94. The third-order valence-electron chi connectivity index (χ3n) is 4.69. The number of sulfone groups is 1. The van der Waals surface area contributed by atoms with Crippen molar-refractivity contribution < 1.29 is 13.2 Å². The van der Waals surface area contributed by atoms with E-state index in [9.17, 15) is 13.2 Å². The van der Waals surface area contributed by atoms with Gasteiger partial charge >= 0.3 is 0 Å². The second kappa shape index (κ2) is 6.52. The minimum atomic E-state index is -2.87. The first-order valence-corrected chi connectivity index (χ1v) is 9.85. The number of carbonyl (C=O) groups excluding carboxylic acids is 1. The van der Waals surface area contributed by atoms with E-state index < -0.39 is 9.84 Å². The minimum absolute atomic E-state index is 0.0267. The molecule has 0 spiro atoms. The van der Waals surface area contributed by atoms with Crippen LogP contribution in [0.25, 0.3) is 0 Å². The lowest BCUT2D eigenvalue weighted by molar-refractivity contribution is 0.0586. The molecular weight excluding hydrogens is 316 g/mol. The van der Waals surface area contributed by atoms with E-state index in [4.69, 9.17) is 0 Å². The van der Waals surface area contributed by atoms with Gasteiger partial charge in [-0.15, -0.1) is 0 Å². The zero-order valence-electron chi connectivity index (χ0n) is 13.3. The maximum atomic E-state index is 12.6. The largest absolute Gasteiger partial charge is 0.336 e. The van der Waals surface area contributed by atoms with Gasteiger partial charge in [0, 0.05) is 38.4 Å². The highest BCUT2D eigenvalue weighted by Crippen LogP contribution is 2.20. The van der Waals surface area contributed by atoms with Crippen molar-refractivity contribution >= 4 is 15.7 Å². The Kier molecular flexibility index (Phi) is 4.63. The summed E-state index contributed by atoms with van der Waals surface area (Å²) >= 11 is 0. The summed E-state index contributed by atoms with van der Waals surface area (Å²) in [6, 6.07) is 0.114. The van der Waals surface area contributed by atoms with Crippen molar-refractivity contribution in [2.45, 2.75) is 25.8 Å². The first-order chi connectivity index (χ1) is 11.0. The Morgan fingerprint density at radius 3 is 2.65 bits per heavy atom. The third kappa shape index (κ3) is 3.53. The molecular formula is C15H22N4O3S. The SMILES string of the molecule is CCc1ncncc1C(=O)N1CCN(C2CCS(=O)(=O)C2)CC1. The number of aryl methyl sites for hydroxylation is 1. The summed E-state index contributed by atoms with van der Waals surface area (Å²) in [5, 5.41) is 0. The lowest BCUT2D eigenvalue weighted by atomic mass is 10.1. The van der Waals surface area contributed by atoms with Crippen LogP contribution >= 0.6 is 0 Å². The van der Waals surface area contributed by atoms with E-state index >= 15 is 0 Å². The van der Waals surface area contributed by atoms with E-state index in [1.54, 1.807) is 6.20 Å². The first-order valence-electron chi connectivity index (χ1n) is 8.03. The van der Waals surface area contributed by atoms with Crippen LogP contribution in [0.3, 0.4) is 0 Å². The van der Waals surface area contributed by atoms with Gasteiger partial charge in [0.1, 0.15) is 6.33 Å². The van der Waals surface area contributed by atoms with Gasteiger partial charge in [-0.3, -0.25) is 9.69 Å². The quantitative estimate of drug-likeness (QED) is 0.770. The Bertz CT molecular complexity index is 684. The van der Waals surface area contributed by atoms with Crippen molar-refractivity contribution in [1.29, 1.82) is 0 Å². The molecule has 7 nitrogen and oxygen atoms in total. The van der Waals surface area contributed by atoms with Gasteiger partial charge in [-0.1, -0.05) is 6.92 Å². The van der Waals surface area contributed by atoms with Crippen molar-refractivity contribution in [3.8, 4) is 0 Å². The molecule has 2 aliphatic rings. The van der Waals surface area contributed by atoms with Gasteiger partial charge in [0.05, 0.1) is 22.8 Å². The zero-order chi connectivity index (χ0) is 16.4. The summed E-state index contributed by atoms with van der Waals surface area (Å²) in [4.78, 5) is 24.8. The Labute approximate surface area is 136 Å². The lowest BCUT2D eigenvalue weighted by Gasteiger charge is -2.37. The molecule has 0 saturated carbocycles. The van der Waals surface area contributed by atoms with Crippen LogP contribution in [0.1, 0.15) is 29.4 Å². The molecule has 0 aliphatic carbocycles. The predicted octanol–water partition coefficient (Wildman–Crippen LogP) is -0.0161. The lowest BCUT2D eigenvalue weighted by Crippen LogP contribution is -2.52. The molecule has 1 aromatic rings. The van der Waals surface area contributed by atoms with E-state index in [2.05, 4.69) is 14.9 Å². The topological polar surface area (TPSA) is 83.5 Å². The summed E-state index contributed by atoms with van der Waals surface area (Å²) in [6.07, 6.45) is 4.46. The number of aromatic nitrogens is 2.